The van der Waals surface area contributed by atoms with Crippen LogP contribution in [0.15, 0.2) is 53.4 Å². The molecule has 22 heavy (non-hydrogen) atoms. The van der Waals surface area contributed by atoms with Gasteiger partial charge in [0.05, 0.1) is 10.6 Å². The Morgan fingerprint density at radius 2 is 1.68 bits per heavy atom. The number of sulfonamides is 1. The second-order valence-corrected chi connectivity index (χ2v) is 6.67. The fourth-order valence-corrected chi connectivity index (χ4v) is 3.88. The minimum absolute atomic E-state index is 0.270. The van der Waals surface area contributed by atoms with Gasteiger partial charge in [-0.1, -0.05) is 18.2 Å². The van der Waals surface area contributed by atoms with E-state index >= 15 is 0 Å². The maximum Gasteiger partial charge on any atom is 0.264 e. The molecule has 0 N–H and O–H groups in total. The first-order chi connectivity index (χ1) is 10.6. The van der Waals surface area contributed by atoms with Gasteiger partial charge >= 0.3 is 0 Å². The Morgan fingerprint density at radius 3 is 2.36 bits per heavy atom. The zero-order valence-electron chi connectivity index (χ0n) is 12.2. The highest BCUT2D eigenvalue weighted by atomic mass is 32.2. The van der Waals surface area contributed by atoms with Gasteiger partial charge in [-0.2, -0.15) is 0 Å². The summed E-state index contributed by atoms with van der Waals surface area (Å²) in [7, 11) is -3.59. The summed E-state index contributed by atoms with van der Waals surface area (Å²) in [5.74, 6) is 1.22. The largest absolute Gasteiger partial charge is 0.486 e. The van der Waals surface area contributed by atoms with Crippen molar-refractivity contribution in [3.63, 3.8) is 0 Å². The van der Waals surface area contributed by atoms with Gasteiger partial charge < -0.3 is 9.47 Å². The summed E-state index contributed by atoms with van der Waals surface area (Å²) < 4.78 is 37.9. The van der Waals surface area contributed by atoms with Crippen molar-refractivity contribution in [1.29, 1.82) is 0 Å². The first-order valence-corrected chi connectivity index (χ1v) is 8.54. The lowest BCUT2D eigenvalue weighted by molar-refractivity contribution is 0.171. The molecule has 0 unspecified atom stereocenters. The number of rotatable bonds is 4. The molecule has 2 aromatic rings. The summed E-state index contributed by atoms with van der Waals surface area (Å²) in [6.07, 6.45) is 0. The summed E-state index contributed by atoms with van der Waals surface area (Å²) in [5, 5.41) is 0. The lowest BCUT2D eigenvalue weighted by atomic mass is 10.2. The molecule has 0 fully saturated rings. The highest BCUT2D eigenvalue weighted by molar-refractivity contribution is 7.92. The molecule has 0 aliphatic carbocycles. The normalized spacial score (nSPS) is 13.7. The number of fused-ring (bicyclic) bond motifs is 1. The maximum absolute atomic E-state index is 12.8. The summed E-state index contributed by atoms with van der Waals surface area (Å²) in [5.41, 5.74) is 0.565. The van der Waals surface area contributed by atoms with Crippen LogP contribution in [-0.4, -0.2) is 28.2 Å². The summed E-state index contributed by atoms with van der Waals surface area (Å²) >= 11 is 0. The molecule has 3 rings (SSSR count). The third-order valence-electron chi connectivity index (χ3n) is 3.43. The first-order valence-electron chi connectivity index (χ1n) is 7.10. The molecule has 0 radical (unpaired) electrons. The van der Waals surface area contributed by atoms with Crippen LogP contribution in [0.5, 0.6) is 11.5 Å². The van der Waals surface area contributed by atoms with E-state index in [0.29, 0.717) is 36.9 Å². The van der Waals surface area contributed by atoms with Gasteiger partial charge in [-0.3, -0.25) is 4.31 Å². The SMILES string of the molecule is CCN(c1ccc2c(c1)OCCO2)S(=O)(=O)c1ccccc1. The fraction of sp³-hybridized carbons (Fsp3) is 0.250. The van der Waals surface area contributed by atoms with Crippen LogP contribution in [0, 0.1) is 0 Å². The van der Waals surface area contributed by atoms with E-state index in [1.807, 2.05) is 0 Å². The van der Waals surface area contributed by atoms with E-state index in [0.717, 1.165) is 0 Å². The van der Waals surface area contributed by atoms with Crippen LogP contribution in [0.25, 0.3) is 0 Å². The van der Waals surface area contributed by atoms with Crippen molar-refractivity contribution < 1.29 is 17.9 Å². The van der Waals surface area contributed by atoms with Gasteiger partial charge in [-0.05, 0) is 31.2 Å². The quantitative estimate of drug-likeness (QED) is 0.869. The molecule has 0 saturated carbocycles. The lowest BCUT2D eigenvalue weighted by Crippen LogP contribution is -2.30. The van der Waals surface area contributed by atoms with E-state index < -0.39 is 10.0 Å². The molecule has 0 bridgehead atoms. The maximum atomic E-state index is 12.8. The number of hydrogen-bond donors (Lipinski definition) is 0. The van der Waals surface area contributed by atoms with Crippen LogP contribution in [0.1, 0.15) is 6.92 Å². The third-order valence-corrected chi connectivity index (χ3v) is 5.35. The molecule has 1 aliphatic rings. The van der Waals surface area contributed by atoms with Gasteiger partial charge in [0.1, 0.15) is 13.2 Å². The standard InChI is InChI=1S/C16H17NO4S/c1-2-17(22(18,19)14-6-4-3-5-7-14)13-8-9-15-16(12-13)21-11-10-20-15/h3-9,12H,2,10-11H2,1H3. The number of hydrogen-bond acceptors (Lipinski definition) is 4. The van der Waals surface area contributed by atoms with Crippen LogP contribution in [0.3, 0.4) is 0 Å². The third kappa shape index (κ3) is 2.62. The van der Waals surface area contributed by atoms with Crippen molar-refractivity contribution in [3.05, 3.63) is 48.5 Å². The average molecular weight is 319 g/mol. The Bertz CT molecular complexity index is 759. The second kappa shape index (κ2) is 5.88. The highest BCUT2D eigenvalue weighted by Crippen LogP contribution is 2.35. The van der Waals surface area contributed by atoms with Gasteiger partial charge in [-0.25, -0.2) is 8.42 Å². The van der Waals surface area contributed by atoms with E-state index in [2.05, 4.69) is 0 Å². The monoisotopic (exact) mass is 319 g/mol. The van der Waals surface area contributed by atoms with Gasteiger partial charge in [0, 0.05) is 12.6 Å². The van der Waals surface area contributed by atoms with E-state index in [1.54, 1.807) is 55.5 Å². The molecule has 0 amide bonds. The van der Waals surface area contributed by atoms with Crippen molar-refractivity contribution in [2.75, 3.05) is 24.1 Å². The van der Waals surface area contributed by atoms with Crippen molar-refractivity contribution >= 4 is 15.7 Å². The van der Waals surface area contributed by atoms with E-state index in [1.165, 1.54) is 4.31 Å². The van der Waals surface area contributed by atoms with Gasteiger partial charge in [0.25, 0.3) is 10.0 Å². The minimum Gasteiger partial charge on any atom is -0.486 e. The molecule has 5 nitrogen and oxygen atoms in total. The molecular formula is C16H17NO4S. The van der Waals surface area contributed by atoms with E-state index in [4.69, 9.17) is 9.47 Å². The van der Waals surface area contributed by atoms with Gasteiger partial charge in [-0.15, -0.1) is 0 Å². The van der Waals surface area contributed by atoms with Crippen LogP contribution in [0.4, 0.5) is 5.69 Å². The predicted octanol–water partition coefficient (Wildman–Crippen LogP) is 2.67. The number of nitrogens with zero attached hydrogens (tertiary/aromatic N) is 1. The van der Waals surface area contributed by atoms with Gasteiger partial charge in [0.2, 0.25) is 0 Å². The molecule has 2 aromatic carbocycles. The Balaban J connectivity index is 2.01. The second-order valence-electron chi connectivity index (χ2n) is 4.81. The number of benzene rings is 2. The Labute approximate surface area is 130 Å². The van der Waals surface area contributed by atoms with Crippen LogP contribution in [-0.2, 0) is 10.0 Å². The zero-order valence-corrected chi connectivity index (χ0v) is 13.0. The molecule has 1 aliphatic heterocycles. The number of ether oxygens (including phenoxy) is 2. The summed E-state index contributed by atoms with van der Waals surface area (Å²) in [4.78, 5) is 0.270. The van der Waals surface area contributed by atoms with Crippen LogP contribution in [0.2, 0.25) is 0 Å². The van der Waals surface area contributed by atoms with Gasteiger partial charge in [0.15, 0.2) is 11.5 Å². The Morgan fingerprint density at radius 1 is 1.00 bits per heavy atom. The Hall–Kier alpha value is -2.21. The molecule has 0 aromatic heterocycles. The smallest absolute Gasteiger partial charge is 0.264 e. The molecule has 116 valence electrons. The van der Waals surface area contributed by atoms with Crippen molar-refractivity contribution in [3.8, 4) is 11.5 Å². The van der Waals surface area contributed by atoms with Crippen molar-refractivity contribution in [2.45, 2.75) is 11.8 Å². The highest BCUT2D eigenvalue weighted by Gasteiger charge is 2.24. The molecule has 1 heterocycles. The zero-order chi connectivity index (χ0) is 15.6. The summed E-state index contributed by atoms with van der Waals surface area (Å²) in [6.45, 7) is 3.11. The molecule has 6 heteroatoms. The van der Waals surface area contributed by atoms with Crippen LogP contribution < -0.4 is 13.8 Å². The molecule has 0 atom stereocenters. The molecule has 0 spiro atoms. The first kappa shape index (κ1) is 14.7. The summed E-state index contributed by atoms with van der Waals surface area (Å²) in [6, 6.07) is 13.6. The fourth-order valence-electron chi connectivity index (χ4n) is 2.40. The molecule has 0 saturated heterocycles. The average Bonchev–Trinajstić information content (AvgIpc) is 2.56. The Kier molecular flexibility index (Phi) is 3.94. The van der Waals surface area contributed by atoms with Crippen molar-refractivity contribution in [1.82, 2.24) is 0 Å². The van der Waals surface area contributed by atoms with Crippen LogP contribution >= 0.6 is 0 Å². The number of anilines is 1. The van der Waals surface area contributed by atoms with E-state index in [9.17, 15) is 8.42 Å². The van der Waals surface area contributed by atoms with E-state index in [-0.39, 0.29) is 4.90 Å². The lowest BCUT2D eigenvalue weighted by Gasteiger charge is -2.25. The molecular weight excluding hydrogens is 302 g/mol. The topological polar surface area (TPSA) is 55.8 Å². The predicted molar refractivity (Wildman–Crippen MR) is 84.1 cm³/mol. The van der Waals surface area contributed by atoms with Crippen molar-refractivity contribution in [2.24, 2.45) is 0 Å². The minimum atomic E-state index is -3.59.